The van der Waals surface area contributed by atoms with Gasteiger partial charge in [-0.1, -0.05) is 12.1 Å². The highest BCUT2D eigenvalue weighted by Crippen LogP contribution is 2.23. The van der Waals surface area contributed by atoms with Gasteiger partial charge in [0.15, 0.2) is 21.7 Å². The molecule has 1 aromatic carbocycles. The lowest BCUT2D eigenvalue weighted by atomic mass is 10.0. The first kappa shape index (κ1) is 20.5. The fourth-order valence-corrected chi connectivity index (χ4v) is 5.32. The number of aryl methyl sites for hydroxylation is 2. The Bertz CT molecular complexity index is 892. The Morgan fingerprint density at radius 2 is 1.93 bits per heavy atom. The smallest absolute Gasteiger partial charge is 0.307 e. The number of hydrogen-bond acceptors (Lipinski definition) is 6. The number of amides is 1. The fourth-order valence-electron chi connectivity index (χ4n) is 3.64. The summed E-state index contributed by atoms with van der Waals surface area (Å²) < 4.78 is 27.9. The maximum Gasteiger partial charge on any atom is 0.307 e. The molecule has 1 aromatic rings. The van der Waals surface area contributed by atoms with Crippen molar-refractivity contribution < 1.29 is 27.5 Å². The highest BCUT2D eigenvalue weighted by Gasteiger charge is 2.30. The molecule has 28 heavy (non-hydrogen) atoms. The number of nitrogens with one attached hydrogen (secondary N) is 1. The van der Waals surface area contributed by atoms with Crippen LogP contribution in [0.5, 0.6) is 0 Å². The molecule has 7 nitrogen and oxygen atoms in total. The van der Waals surface area contributed by atoms with Crippen molar-refractivity contribution in [1.29, 1.82) is 0 Å². The van der Waals surface area contributed by atoms with Gasteiger partial charge in [0.1, 0.15) is 0 Å². The van der Waals surface area contributed by atoms with Crippen LogP contribution < -0.4 is 5.32 Å². The Balaban J connectivity index is 1.43. The summed E-state index contributed by atoms with van der Waals surface area (Å²) in [6.07, 6.45) is 2.37. The van der Waals surface area contributed by atoms with E-state index in [-0.39, 0.29) is 30.1 Å². The molecule has 1 amide bonds. The van der Waals surface area contributed by atoms with Crippen molar-refractivity contribution in [2.45, 2.75) is 57.6 Å². The van der Waals surface area contributed by atoms with E-state index >= 15 is 0 Å². The molecular formula is C20H25NO6S. The molecule has 0 aromatic heterocycles. The molecule has 2 aliphatic rings. The monoisotopic (exact) mass is 407 g/mol. The Labute approximate surface area is 164 Å². The van der Waals surface area contributed by atoms with Crippen LogP contribution in [0.4, 0.5) is 0 Å². The first-order chi connectivity index (χ1) is 13.2. The van der Waals surface area contributed by atoms with Crippen molar-refractivity contribution in [3.63, 3.8) is 0 Å². The topological polar surface area (TPSA) is 107 Å². The third-order valence-electron chi connectivity index (χ3n) is 5.23. The average Bonchev–Trinajstić information content (AvgIpc) is 3.24. The van der Waals surface area contributed by atoms with E-state index in [0.717, 1.165) is 19.3 Å². The number of fused-ring (bicyclic) bond motifs is 1. The van der Waals surface area contributed by atoms with Gasteiger partial charge in [-0.15, -0.1) is 0 Å². The lowest BCUT2D eigenvalue weighted by Gasteiger charge is -2.16. The van der Waals surface area contributed by atoms with Crippen LogP contribution in [-0.4, -0.2) is 49.7 Å². The van der Waals surface area contributed by atoms with Gasteiger partial charge in [0, 0.05) is 18.0 Å². The summed E-state index contributed by atoms with van der Waals surface area (Å²) >= 11 is 0. The molecule has 0 bridgehead atoms. The van der Waals surface area contributed by atoms with E-state index in [1.54, 1.807) is 6.07 Å². The van der Waals surface area contributed by atoms with Gasteiger partial charge in [0.05, 0.1) is 17.9 Å². The summed E-state index contributed by atoms with van der Waals surface area (Å²) in [5.41, 5.74) is 3.08. The molecule has 2 atom stereocenters. The van der Waals surface area contributed by atoms with Crippen molar-refractivity contribution in [2.24, 2.45) is 0 Å². The van der Waals surface area contributed by atoms with Gasteiger partial charge in [0.2, 0.25) is 0 Å². The number of Topliss-reactive ketones (excluding diaryl/α,β-unsaturated/α-hetero) is 1. The van der Waals surface area contributed by atoms with Crippen LogP contribution >= 0.6 is 0 Å². The van der Waals surface area contributed by atoms with Crippen LogP contribution in [0.2, 0.25) is 0 Å². The molecule has 1 fully saturated rings. The van der Waals surface area contributed by atoms with Gasteiger partial charge in [-0.2, -0.15) is 0 Å². The Kier molecular flexibility index (Phi) is 6.17. The molecule has 3 rings (SSSR count). The number of benzene rings is 1. The van der Waals surface area contributed by atoms with E-state index in [0.29, 0.717) is 12.0 Å². The van der Waals surface area contributed by atoms with Crippen LogP contribution in [0.3, 0.4) is 0 Å². The third kappa shape index (κ3) is 5.19. The second-order valence-electron chi connectivity index (χ2n) is 7.50. The van der Waals surface area contributed by atoms with E-state index in [2.05, 4.69) is 5.32 Å². The molecule has 1 saturated heterocycles. The molecule has 0 spiro atoms. The minimum Gasteiger partial charge on any atom is -0.453 e. The second kappa shape index (κ2) is 8.43. The molecule has 152 valence electrons. The first-order valence-corrected chi connectivity index (χ1v) is 11.4. The lowest BCUT2D eigenvalue weighted by Crippen LogP contribution is -2.42. The normalized spacial score (nSPS) is 21.0. The predicted octanol–water partition coefficient (Wildman–Crippen LogP) is 1.37. The van der Waals surface area contributed by atoms with Gasteiger partial charge in [-0.3, -0.25) is 14.4 Å². The summed E-state index contributed by atoms with van der Waals surface area (Å²) in [5, 5.41) is 2.59. The summed E-state index contributed by atoms with van der Waals surface area (Å²) in [7, 11) is -3.10. The molecule has 1 N–H and O–H groups in total. The SMILES string of the molecule is C[C@@H](OC(=O)CCC(=O)c1ccc2c(c1)CCC2)C(=O)N[C@@H]1CCS(=O)(=O)C1. The Morgan fingerprint density at radius 3 is 2.64 bits per heavy atom. The molecule has 1 aliphatic heterocycles. The number of hydrogen-bond donors (Lipinski definition) is 1. The number of ketones is 1. The van der Waals surface area contributed by atoms with Gasteiger partial charge < -0.3 is 10.1 Å². The zero-order valence-corrected chi connectivity index (χ0v) is 16.7. The summed E-state index contributed by atoms with van der Waals surface area (Å²) in [6, 6.07) is 5.23. The Hall–Kier alpha value is -2.22. The number of rotatable bonds is 7. The zero-order chi connectivity index (χ0) is 20.3. The van der Waals surface area contributed by atoms with Crippen LogP contribution in [0.25, 0.3) is 0 Å². The fraction of sp³-hybridized carbons (Fsp3) is 0.550. The van der Waals surface area contributed by atoms with Gasteiger partial charge in [-0.25, -0.2) is 8.42 Å². The summed E-state index contributed by atoms with van der Waals surface area (Å²) in [6.45, 7) is 1.43. The summed E-state index contributed by atoms with van der Waals surface area (Å²) in [5.74, 6) is -1.32. The van der Waals surface area contributed by atoms with Crippen molar-refractivity contribution in [2.75, 3.05) is 11.5 Å². The van der Waals surface area contributed by atoms with Crippen LogP contribution in [-0.2, 0) is 37.0 Å². The van der Waals surface area contributed by atoms with Crippen molar-refractivity contribution in [3.8, 4) is 0 Å². The van der Waals surface area contributed by atoms with Gasteiger partial charge in [0.25, 0.3) is 5.91 Å². The van der Waals surface area contributed by atoms with E-state index in [9.17, 15) is 22.8 Å². The molecule has 0 saturated carbocycles. The summed E-state index contributed by atoms with van der Waals surface area (Å²) in [4.78, 5) is 36.4. The zero-order valence-electron chi connectivity index (χ0n) is 15.9. The van der Waals surface area contributed by atoms with E-state index in [1.807, 2.05) is 12.1 Å². The number of esters is 1. The van der Waals surface area contributed by atoms with Crippen LogP contribution in [0, 0.1) is 0 Å². The first-order valence-electron chi connectivity index (χ1n) is 9.59. The molecule has 1 heterocycles. The molecule has 1 aliphatic carbocycles. The maximum atomic E-state index is 12.3. The number of ether oxygens (including phenoxy) is 1. The minimum atomic E-state index is -3.10. The Morgan fingerprint density at radius 1 is 1.18 bits per heavy atom. The largest absolute Gasteiger partial charge is 0.453 e. The minimum absolute atomic E-state index is 0.0207. The lowest BCUT2D eigenvalue weighted by molar-refractivity contribution is -0.154. The number of carbonyl (C=O) groups excluding carboxylic acids is 3. The van der Waals surface area contributed by atoms with Crippen LogP contribution in [0.15, 0.2) is 18.2 Å². The third-order valence-corrected chi connectivity index (χ3v) is 7.00. The van der Waals surface area contributed by atoms with Crippen LogP contribution in [0.1, 0.15) is 54.1 Å². The highest BCUT2D eigenvalue weighted by atomic mass is 32.2. The predicted molar refractivity (Wildman–Crippen MR) is 103 cm³/mol. The average molecular weight is 407 g/mol. The van der Waals surface area contributed by atoms with Gasteiger partial charge in [-0.05, 0) is 49.8 Å². The second-order valence-corrected chi connectivity index (χ2v) is 9.73. The van der Waals surface area contributed by atoms with E-state index in [4.69, 9.17) is 4.74 Å². The quantitative estimate of drug-likeness (QED) is 0.540. The maximum absolute atomic E-state index is 12.3. The number of carbonyl (C=O) groups is 3. The standard InChI is InChI=1S/C20H25NO6S/c1-13(20(24)21-17-9-10-28(25,26)12-17)27-19(23)8-7-18(22)16-6-5-14-3-2-4-15(14)11-16/h5-6,11,13,17H,2-4,7-10,12H2,1H3,(H,21,24)/t13-,17-/m1/s1. The number of sulfone groups is 1. The highest BCUT2D eigenvalue weighted by molar-refractivity contribution is 7.91. The molecule has 8 heteroatoms. The molecular weight excluding hydrogens is 382 g/mol. The van der Waals surface area contributed by atoms with E-state index < -0.39 is 33.9 Å². The molecule has 0 radical (unpaired) electrons. The van der Waals surface area contributed by atoms with Crippen molar-refractivity contribution >= 4 is 27.5 Å². The molecule has 0 unspecified atom stereocenters. The van der Waals surface area contributed by atoms with Gasteiger partial charge >= 0.3 is 5.97 Å². The van der Waals surface area contributed by atoms with Crippen molar-refractivity contribution in [3.05, 3.63) is 34.9 Å². The van der Waals surface area contributed by atoms with Crippen molar-refractivity contribution in [1.82, 2.24) is 5.32 Å². The van der Waals surface area contributed by atoms with E-state index in [1.165, 1.54) is 18.1 Å².